The van der Waals surface area contributed by atoms with Crippen molar-refractivity contribution in [3.05, 3.63) is 75.7 Å². The van der Waals surface area contributed by atoms with Gasteiger partial charge in [0.25, 0.3) is 5.91 Å². The highest BCUT2D eigenvalue weighted by Gasteiger charge is 2.33. The lowest BCUT2D eigenvalue weighted by atomic mass is 9.95. The van der Waals surface area contributed by atoms with Crippen molar-refractivity contribution in [1.29, 1.82) is 0 Å². The van der Waals surface area contributed by atoms with E-state index in [1.54, 1.807) is 34.6 Å². The van der Waals surface area contributed by atoms with Crippen molar-refractivity contribution in [3.8, 4) is 0 Å². The molecule has 2 N–H and O–H groups in total. The monoisotopic (exact) mass is 445 g/mol. The normalized spacial score (nSPS) is 15.7. The molecule has 0 saturated carbocycles. The van der Waals surface area contributed by atoms with Crippen molar-refractivity contribution in [2.45, 2.75) is 17.9 Å². The second kappa shape index (κ2) is 8.10. The van der Waals surface area contributed by atoms with Gasteiger partial charge in [-0.1, -0.05) is 35.3 Å². The molecule has 2 heterocycles. The number of hydrogen-bond acceptors (Lipinski definition) is 5. The maximum Gasteiger partial charge on any atom is 0.255 e. The van der Waals surface area contributed by atoms with E-state index in [0.717, 1.165) is 10.5 Å². The maximum atomic E-state index is 13.3. The quantitative estimate of drug-likeness (QED) is 0.537. The largest absolute Gasteiger partial charge is 0.328 e. The summed E-state index contributed by atoms with van der Waals surface area (Å²) in [6.07, 6.45) is 3.49. The predicted octanol–water partition coefficient (Wildman–Crippen LogP) is 5.23. The molecular weight excluding hydrogens is 429 g/mol. The third-order valence-corrected chi connectivity index (χ3v) is 5.96. The van der Waals surface area contributed by atoms with Crippen LogP contribution in [0.2, 0.25) is 10.0 Å². The van der Waals surface area contributed by atoms with Gasteiger partial charge in [0.05, 0.1) is 16.3 Å². The fourth-order valence-electron chi connectivity index (χ4n) is 3.26. The summed E-state index contributed by atoms with van der Waals surface area (Å²) in [6.45, 7) is 1.84. The molecule has 0 radical (unpaired) electrons. The molecule has 9 heteroatoms. The number of anilines is 2. The molecule has 1 amide bonds. The predicted molar refractivity (Wildman–Crippen MR) is 118 cm³/mol. The average Bonchev–Trinajstić information content (AvgIpc) is 3.17. The standard InChI is InChI=1S/C20H17Cl2N5OS/c1-11-17(19(28)26-16-9-13(21)5-8-15(16)22)18(27-20(25-11)23-10-24-27)12-3-6-14(29-2)7-4-12/h3-10,18H,1-2H3,(H,26,28)(H,23,24,25)/t18-/m0/s1. The van der Waals surface area contributed by atoms with Gasteiger partial charge < -0.3 is 10.6 Å². The highest BCUT2D eigenvalue weighted by Crippen LogP contribution is 2.36. The highest BCUT2D eigenvalue weighted by molar-refractivity contribution is 7.98. The van der Waals surface area contributed by atoms with Gasteiger partial charge in [0.1, 0.15) is 12.4 Å². The van der Waals surface area contributed by atoms with Crippen molar-refractivity contribution < 1.29 is 4.79 Å². The summed E-state index contributed by atoms with van der Waals surface area (Å²) in [5.74, 6) is 0.290. The van der Waals surface area contributed by atoms with Gasteiger partial charge in [0, 0.05) is 15.6 Å². The second-order valence-electron chi connectivity index (χ2n) is 6.45. The van der Waals surface area contributed by atoms with Crippen LogP contribution in [0.25, 0.3) is 0 Å². The average molecular weight is 446 g/mol. The lowest BCUT2D eigenvalue weighted by Gasteiger charge is -2.29. The van der Waals surface area contributed by atoms with Crippen LogP contribution in [-0.4, -0.2) is 26.9 Å². The van der Waals surface area contributed by atoms with Crippen molar-refractivity contribution in [1.82, 2.24) is 14.8 Å². The van der Waals surface area contributed by atoms with E-state index in [0.29, 0.717) is 33.0 Å². The van der Waals surface area contributed by atoms with E-state index >= 15 is 0 Å². The Balaban J connectivity index is 1.76. The van der Waals surface area contributed by atoms with Gasteiger partial charge in [-0.05, 0) is 49.1 Å². The number of carbonyl (C=O) groups is 1. The number of rotatable bonds is 4. The van der Waals surface area contributed by atoms with Gasteiger partial charge >= 0.3 is 0 Å². The van der Waals surface area contributed by atoms with Gasteiger partial charge in [-0.25, -0.2) is 4.68 Å². The van der Waals surface area contributed by atoms with Crippen LogP contribution in [0.1, 0.15) is 18.5 Å². The molecule has 1 atom stereocenters. The number of amides is 1. The molecular formula is C20H17Cl2N5OS. The lowest BCUT2D eigenvalue weighted by molar-refractivity contribution is -0.113. The molecule has 0 spiro atoms. The molecule has 1 aromatic heterocycles. The maximum absolute atomic E-state index is 13.3. The number of nitrogens with one attached hydrogen (secondary N) is 2. The smallest absolute Gasteiger partial charge is 0.255 e. The molecule has 4 rings (SSSR count). The first-order valence-corrected chi connectivity index (χ1v) is 10.7. The molecule has 29 heavy (non-hydrogen) atoms. The fourth-order valence-corrected chi connectivity index (χ4v) is 4.01. The molecule has 148 valence electrons. The SMILES string of the molecule is CSc1ccc([C@H]2C(C(=O)Nc3cc(Cl)ccc3Cl)=C(C)Nc3ncnn32)cc1. The zero-order valence-corrected chi connectivity index (χ0v) is 17.9. The Kier molecular flexibility index (Phi) is 5.54. The van der Waals surface area contributed by atoms with E-state index in [1.807, 2.05) is 37.4 Å². The molecule has 3 aromatic rings. The summed E-state index contributed by atoms with van der Waals surface area (Å²) in [6, 6.07) is 12.6. The number of benzene rings is 2. The highest BCUT2D eigenvalue weighted by atomic mass is 35.5. The third kappa shape index (κ3) is 3.85. The van der Waals surface area contributed by atoms with Gasteiger partial charge in [0.15, 0.2) is 0 Å². The molecule has 0 saturated heterocycles. The van der Waals surface area contributed by atoms with Crippen molar-refractivity contribution in [2.24, 2.45) is 0 Å². The number of hydrogen-bond donors (Lipinski definition) is 2. The van der Waals surface area contributed by atoms with Gasteiger partial charge in [0.2, 0.25) is 5.95 Å². The lowest BCUT2D eigenvalue weighted by Crippen LogP contribution is -2.31. The Morgan fingerprint density at radius 1 is 1.21 bits per heavy atom. The van der Waals surface area contributed by atoms with Gasteiger partial charge in [-0.15, -0.1) is 11.8 Å². The van der Waals surface area contributed by atoms with Crippen LogP contribution in [0.3, 0.4) is 0 Å². The number of allylic oxidation sites excluding steroid dienone is 1. The summed E-state index contributed by atoms with van der Waals surface area (Å²) in [7, 11) is 0. The van der Waals surface area contributed by atoms with Gasteiger partial charge in [-0.3, -0.25) is 4.79 Å². The summed E-state index contributed by atoms with van der Waals surface area (Å²) in [5, 5.41) is 11.3. The molecule has 2 aromatic carbocycles. The number of fused-ring (bicyclic) bond motifs is 1. The number of thioether (sulfide) groups is 1. The zero-order valence-electron chi connectivity index (χ0n) is 15.6. The Labute approximate surface area is 182 Å². The van der Waals surface area contributed by atoms with Crippen LogP contribution in [0.5, 0.6) is 0 Å². The van der Waals surface area contributed by atoms with Crippen LogP contribution >= 0.6 is 35.0 Å². The third-order valence-electron chi connectivity index (χ3n) is 4.65. The molecule has 1 aliphatic rings. The molecule has 0 fully saturated rings. The topological polar surface area (TPSA) is 71.8 Å². The number of aromatic nitrogens is 3. The Morgan fingerprint density at radius 2 is 1.97 bits per heavy atom. The van der Waals surface area contributed by atoms with Crippen LogP contribution in [0, 0.1) is 0 Å². The minimum atomic E-state index is -0.428. The molecule has 0 unspecified atom stereocenters. The van der Waals surface area contributed by atoms with E-state index < -0.39 is 6.04 Å². The first kappa shape index (κ1) is 19.8. The number of carbonyl (C=O) groups excluding carboxylic acids is 1. The Hall–Kier alpha value is -2.48. The van der Waals surface area contributed by atoms with Crippen LogP contribution in [0.4, 0.5) is 11.6 Å². The van der Waals surface area contributed by atoms with Crippen LogP contribution in [0.15, 0.2) is 65.0 Å². The first-order chi connectivity index (χ1) is 14.0. The zero-order chi connectivity index (χ0) is 20.5. The number of halogens is 2. The van der Waals surface area contributed by atoms with E-state index in [2.05, 4.69) is 20.7 Å². The summed E-state index contributed by atoms with van der Waals surface area (Å²) >= 11 is 14.0. The van der Waals surface area contributed by atoms with Crippen LogP contribution in [-0.2, 0) is 4.79 Å². The first-order valence-electron chi connectivity index (χ1n) is 8.75. The van der Waals surface area contributed by atoms with Gasteiger partial charge in [-0.2, -0.15) is 10.1 Å². The number of nitrogens with zero attached hydrogens (tertiary/aromatic N) is 3. The van der Waals surface area contributed by atoms with E-state index in [9.17, 15) is 4.79 Å². The van der Waals surface area contributed by atoms with E-state index in [-0.39, 0.29) is 5.91 Å². The van der Waals surface area contributed by atoms with Crippen molar-refractivity contribution >= 4 is 52.5 Å². The molecule has 1 aliphatic heterocycles. The minimum Gasteiger partial charge on any atom is -0.328 e. The summed E-state index contributed by atoms with van der Waals surface area (Å²) in [4.78, 5) is 18.7. The van der Waals surface area contributed by atoms with Crippen LogP contribution < -0.4 is 10.6 Å². The summed E-state index contributed by atoms with van der Waals surface area (Å²) in [5.41, 5.74) is 2.60. The molecule has 0 bridgehead atoms. The molecule has 6 nitrogen and oxygen atoms in total. The van der Waals surface area contributed by atoms with E-state index in [4.69, 9.17) is 23.2 Å². The second-order valence-corrected chi connectivity index (χ2v) is 8.17. The summed E-state index contributed by atoms with van der Waals surface area (Å²) < 4.78 is 1.70. The molecule has 0 aliphatic carbocycles. The van der Waals surface area contributed by atoms with Crippen molar-refractivity contribution in [2.75, 3.05) is 16.9 Å². The Bertz CT molecular complexity index is 1110. The minimum absolute atomic E-state index is 0.292. The fraction of sp³-hybridized carbons (Fsp3) is 0.150. The van der Waals surface area contributed by atoms with E-state index in [1.165, 1.54) is 6.33 Å². The Morgan fingerprint density at radius 3 is 2.69 bits per heavy atom. The van der Waals surface area contributed by atoms with Crippen molar-refractivity contribution in [3.63, 3.8) is 0 Å².